The monoisotopic (exact) mass is 158 g/mol. The number of hydrogen-bond acceptors (Lipinski definition) is 1. The summed E-state index contributed by atoms with van der Waals surface area (Å²) in [5, 5.41) is 0. The molecule has 0 bridgehead atoms. The molecule has 0 aromatic carbocycles. The van der Waals surface area contributed by atoms with Gasteiger partial charge in [0.25, 0.3) is 0 Å². The molecular weight excluding hydrogens is 146 g/mol. The van der Waals surface area contributed by atoms with Crippen LogP contribution in [0.25, 0.3) is 0 Å². The van der Waals surface area contributed by atoms with Crippen LogP contribution in [0.1, 0.15) is 20.3 Å². The van der Waals surface area contributed by atoms with Crippen molar-refractivity contribution in [2.75, 3.05) is 6.61 Å². The molecule has 0 aromatic rings. The molecule has 0 saturated heterocycles. The molecule has 0 N–H and O–H groups in total. The van der Waals surface area contributed by atoms with Gasteiger partial charge in [-0.1, -0.05) is 0 Å². The molecule has 0 radical (unpaired) electrons. The molecule has 0 fully saturated rings. The van der Waals surface area contributed by atoms with E-state index in [-0.39, 0.29) is 0 Å². The van der Waals surface area contributed by atoms with Crippen LogP contribution in [0.4, 0.5) is 0 Å². The Balaban J connectivity index is 2.83. The average Bonchev–Trinajstić information content (AvgIpc) is 1.68. The summed E-state index contributed by atoms with van der Waals surface area (Å²) in [6, 6.07) is 0. The van der Waals surface area contributed by atoms with Gasteiger partial charge in [0.2, 0.25) is 0 Å². The summed E-state index contributed by atoms with van der Waals surface area (Å²) in [6.45, 7) is 5.39. The van der Waals surface area contributed by atoms with Crippen LogP contribution in [0.5, 0.6) is 0 Å². The first-order chi connectivity index (χ1) is 3.31. The van der Waals surface area contributed by atoms with Crippen molar-refractivity contribution in [2.24, 2.45) is 5.92 Å². The molecule has 42 valence electrons. The van der Waals surface area contributed by atoms with Crippen molar-refractivity contribution in [1.29, 1.82) is 0 Å². The van der Waals surface area contributed by atoms with E-state index in [4.69, 9.17) is 3.53 Å². The third-order valence-electron chi connectivity index (χ3n) is 1.15. The van der Waals surface area contributed by atoms with Crippen molar-refractivity contribution < 1.29 is 3.53 Å². The summed E-state index contributed by atoms with van der Waals surface area (Å²) >= 11 is 0.594. The zero-order valence-electron chi connectivity index (χ0n) is 5.40. The van der Waals surface area contributed by atoms with Crippen molar-refractivity contribution in [1.82, 2.24) is 0 Å². The second-order valence-corrected chi connectivity index (χ2v) is 3.18. The fraction of sp³-hybridized carbons (Fsp3) is 1.00. The Morgan fingerprint density at radius 1 is 1.71 bits per heavy atom. The first kappa shape index (κ1) is 7.60. The molecule has 0 aromatic heterocycles. The van der Waals surface area contributed by atoms with E-state index in [0.29, 0.717) is 19.0 Å². The van der Waals surface area contributed by atoms with Gasteiger partial charge in [0.1, 0.15) is 0 Å². The Bertz CT molecular complexity index is 39.1. The Morgan fingerprint density at radius 3 is 2.43 bits per heavy atom. The molecule has 0 spiro atoms. The van der Waals surface area contributed by atoms with Crippen molar-refractivity contribution in [3.05, 3.63) is 0 Å². The molecule has 1 nitrogen and oxygen atoms in total. The topological polar surface area (TPSA) is 9.23 Å². The van der Waals surface area contributed by atoms with Crippen molar-refractivity contribution in [3.63, 3.8) is 0 Å². The van der Waals surface area contributed by atoms with Gasteiger partial charge in [-0.25, -0.2) is 0 Å². The normalized spacial score (nSPS) is 14.0. The van der Waals surface area contributed by atoms with Crippen LogP contribution in [0.3, 0.4) is 0 Å². The first-order valence-corrected chi connectivity index (χ1v) is 4.51. The average molecular weight is 159 g/mol. The Morgan fingerprint density at radius 2 is 2.29 bits per heavy atom. The SMILES string of the molecule is CCC(C)C[O][GaH2]. The van der Waals surface area contributed by atoms with Crippen LogP contribution in [0.2, 0.25) is 0 Å². The number of rotatable bonds is 3. The van der Waals surface area contributed by atoms with Gasteiger partial charge in [0, 0.05) is 0 Å². The van der Waals surface area contributed by atoms with Gasteiger partial charge in [-0.15, -0.1) is 0 Å². The molecule has 0 saturated carbocycles. The van der Waals surface area contributed by atoms with Gasteiger partial charge in [0.15, 0.2) is 0 Å². The van der Waals surface area contributed by atoms with E-state index in [0.717, 1.165) is 12.5 Å². The minimum absolute atomic E-state index is 0.594. The van der Waals surface area contributed by atoms with E-state index in [1.807, 2.05) is 0 Å². The molecule has 2 heteroatoms. The van der Waals surface area contributed by atoms with Crippen LogP contribution >= 0.6 is 0 Å². The second kappa shape index (κ2) is 4.75. The molecule has 0 rings (SSSR count). The Kier molecular flexibility index (Phi) is 5.15. The molecule has 0 aliphatic carbocycles. The second-order valence-electron chi connectivity index (χ2n) is 1.97. The Hall–Kier alpha value is 0.596. The zero-order chi connectivity index (χ0) is 5.70. The van der Waals surface area contributed by atoms with Crippen LogP contribution in [0, 0.1) is 5.92 Å². The summed E-state index contributed by atoms with van der Waals surface area (Å²) in [7, 11) is 0. The van der Waals surface area contributed by atoms with E-state index < -0.39 is 0 Å². The summed E-state index contributed by atoms with van der Waals surface area (Å²) in [6.07, 6.45) is 1.25. The summed E-state index contributed by atoms with van der Waals surface area (Å²) in [5.74, 6) is 0.774. The van der Waals surface area contributed by atoms with Gasteiger partial charge in [-0.05, 0) is 0 Å². The molecular formula is C5H13GaO. The van der Waals surface area contributed by atoms with Crippen LogP contribution in [-0.4, -0.2) is 25.6 Å². The zero-order valence-corrected chi connectivity index (χ0v) is 9.60. The third kappa shape index (κ3) is 4.45. The summed E-state index contributed by atoms with van der Waals surface area (Å²) < 4.78 is 5.08. The standard InChI is InChI=1S/C5H11O.Ga.2H/c1-3-5(2)4-6;;;/h5H,3-4H2,1-2H3;;;/q-1;+1;;. The fourth-order valence-corrected chi connectivity index (χ4v) is 1.60. The molecule has 1 unspecified atom stereocenters. The van der Waals surface area contributed by atoms with Gasteiger partial charge in [0.05, 0.1) is 0 Å². The summed E-state index contributed by atoms with van der Waals surface area (Å²) in [4.78, 5) is 0. The minimum atomic E-state index is 0.594. The molecule has 0 aliphatic rings. The van der Waals surface area contributed by atoms with Crippen LogP contribution in [-0.2, 0) is 3.53 Å². The van der Waals surface area contributed by atoms with E-state index in [9.17, 15) is 0 Å². The molecule has 7 heavy (non-hydrogen) atoms. The van der Waals surface area contributed by atoms with Gasteiger partial charge in [-0.3, -0.25) is 0 Å². The maximum atomic E-state index is 5.08. The van der Waals surface area contributed by atoms with Gasteiger partial charge < -0.3 is 0 Å². The van der Waals surface area contributed by atoms with Crippen molar-refractivity contribution in [3.8, 4) is 0 Å². The van der Waals surface area contributed by atoms with Crippen molar-refractivity contribution in [2.45, 2.75) is 20.3 Å². The summed E-state index contributed by atoms with van der Waals surface area (Å²) in [5.41, 5.74) is 0. The fourth-order valence-electron chi connectivity index (χ4n) is 0.402. The molecule has 0 heterocycles. The predicted molar refractivity (Wildman–Crippen MR) is 34.0 cm³/mol. The molecule has 0 amide bonds. The van der Waals surface area contributed by atoms with Crippen LogP contribution < -0.4 is 0 Å². The quantitative estimate of drug-likeness (QED) is 0.547. The third-order valence-corrected chi connectivity index (χ3v) is 1.85. The maximum absolute atomic E-state index is 5.08. The van der Waals surface area contributed by atoms with Crippen molar-refractivity contribution >= 4 is 19.0 Å². The van der Waals surface area contributed by atoms with E-state index in [1.54, 1.807) is 0 Å². The van der Waals surface area contributed by atoms with Gasteiger partial charge >= 0.3 is 55.3 Å². The molecule has 0 aliphatic heterocycles. The van der Waals surface area contributed by atoms with Gasteiger partial charge in [-0.2, -0.15) is 0 Å². The Labute approximate surface area is 55.8 Å². The first-order valence-electron chi connectivity index (χ1n) is 2.80. The number of hydrogen-bond donors (Lipinski definition) is 0. The molecule has 1 atom stereocenters. The predicted octanol–water partition coefficient (Wildman–Crippen LogP) is 0.597. The van der Waals surface area contributed by atoms with E-state index >= 15 is 0 Å². The van der Waals surface area contributed by atoms with E-state index in [1.165, 1.54) is 6.42 Å². The van der Waals surface area contributed by atoms with Crippen LogP contribution in [0.15, 0.2) is 0 Å². The van der Waals surface area contributed by atoms with E-state index in [2.05, 4.69) is 13.8 Å².